The summed E-state index contributed by atoms with van der Waals surface area (Å²) in [5, 5.41) is 2.94. The Morgan fingerprint density at radius 3 is 2.86 bits per heavy atom. The minimum atomic E-state index is 0. The number of rotatable bonds is 5. The highest BCUT2D eigenvalue weighted by atomic mass is 35.5. The van der Waals surface area contributed by atoms with Gasteiger partial charge in [-0.1, -0.05) is 24.6 Å². The third kappa shape index (κ3) is 5.56. The van der Waals surface area contributed by atoms with E-state index in [0.29, 0.717) is 13.2 Å². The fraction of sp³-hybridized carbons (Fsp3) is 0.562. The molecular formula is C16H25ClN2O2. The number of benzene rings is 1. The normalized spacial score (nSPS) is 21.2. The maximum atomic E-state index is 12.0. The Balaban J connectivity index is 0.00000220. The van der Waals surface area contributed by atoms with E-state index in [4.69, 9.17) is 10.5 Å². The van der Waals surface area contributed by atoms with Crippen LogP contribution in [-0.2, 0) is 4.79 Å². The zero-order chi connectivity index (χ0) is 14.4. The van der Waals surface area contributed by atoms with Crippen molar-refractivity contribution in [1.82, 2.24) is 5.32 Å². The number of hydrogen-bond donors (Lipinski definition) is 2. The zero-order valence-corrected chi connectivity index (χ0v) is 13.3. The van der Waals surface area contributed by atoms with Crippen LogP contribution in [0.4, 0.5) is 0 Å². The highest BCUT2D eigenvalue weighted by molar-refractivity contribution is 5.85. The molecule has 1 aromatic rings. The topological polar surface area (TPSA) is 64.3 Å². The van der Waals surface area contributed by atoms with Crippen molar-refractivity contribution in [3.63, 3.8) is 0 Å². The van der Waals surface area contributed by atoms with Crippen molar-refractivity contribution in [2.75, 3.05) is 13.2 Å². The molecule has 118 valence electrons. The summed E-state index contributed by atoms with van der Waals surface area (Å²) >= 11 is 0. The second-order valence-electron chi connectivity index (χ2n) is 5.53. The van der Waals surface area contributed by atoms with Crippen molar-refractivity contribution in [3.8, 4) is 5.75 Å². The van der Waals surface area contributed by atoms with Crippen molar-refractivity contribution in [1.29, 1.82) is 0 Å². The summed E-state index contributed by atoms with van der Waals surface area (Å²) in [7, 11) is 0. The fourth-order valence-corrected chi connectivity index (χ4v) is 2.66. The summed E-state index contributed by atoms with van der Waals surface area (Å²) in [5.41, 5.74) is 7.01. The Labute approximate surface area is 132 Å². The van der Waals surface area contributed by atoms with Gasteiger partial charge in [-0.3, -0.25) is 4.79 Å². The average Bonchev–Trinajstić information content (AvgIpc) is 2.45. The molecule has 1 fully saturated rings. The number of carbonyl (C=O) groups excluding carboxylic acids is 1. The van der Waals surface area contributed by atoms with Gasteiger partial charge in [0.05, 0.1) is 6.54 Å². The van der Waals surface area contributed by atoms with E-state index in [9.17, 15) is 4.79 Å². The molecule has 0 spiro atoms. The number of halogens is 1. The van der Waals surface area contributed by atoms with E-state index in [1.165, 1.54) is 0 Å². The van der Waals surface area contributed by atoms with Gasteiger partial charge in [-0.2, -0.15) is 0 Å². The summed E-state index contributed by atoms with van der Waals surface area (Å²) in [6.07, 6.45) is 3.86. The smallest absolute Gasteiger partial charge is 0.223 e. The molecule has 1 aromatic carbocycles. The van der Waals surface area contributed by atoms with Crippen molar-refractivity contribution >= 4 is 18.3 Å². The predicted molar refractivity (Wildman–Crippen MR) is 86.9 cm³/mol. The Morgan fingerprint density at radius 1 is 1.38 bits per heavy atom. The van der Waals surface area contributed by atoms with Gasteiger partial charge in [0.1, 0.15) is 12.4 Å². The van der Waals surface area contributed by atoms with E-state index in [1.54, 1.807) is 0 Å². The van der Waals surface area contributed by atoms with Gasteiger partial charge in [0.25, 0.3) is 0 Å². The molecule has 2 rings (SSSR count). The zero-order valence-electron chi connectivity index (χ0n) is 12.5. The van der Waals surface area contributed by atoms with E-state index in [1.807, 2.05) is 31.2 Å². The lowest BCUT2D eigenvalue weighted by Crippen LogP contribution is -2.39. The van der Waals surface area contributed by atoms with Gasteiger partial charge in [0.15, 0.2) is 0 Å². The summed E-state index contributed by atoms with van der Waals surface area (Å²) in [6.45, 7) is 3.05. The molecular weight excluding hydrogens is 288 g/mol. The molecule has 1 saturated carbocycles. The van der Waals surface area contributed by atoms with Crippen molar-refractivity contribution in [2.45, 2.75) is 38.6 Å². The van der Waals surface area contributed by atoms with E-state index in [0.717, 1.165) is 37.0 Å². The molecule has 1 aliphatic rings. The van der Waals surface area contributed by atoms with Crippen LogP contribution in [0.5, 0.6) is 5.75 Å². The van der Waals surface area contributed by atoms with Crippen molar-refractivity contribution in [3.05, 3.63) is 29.8 Å². The Kier molecular flexibility index (Phi) is 7.54. The second kappa shape index (κ2) is 8.90. The maximum absolute atomic E-state index is 12.0. The highest BCUT2D eigenvalue weighted by Crippen LogP contribution is 2.23. The molecule has 1 amide bonds. The van der Waals surface area contributed by atoms with Crippen LogP contribution in [0, 0.1) is 12.8 Å². The third-order valence-electron chi connectivity index (χ3n) is 3.84. The molecule has 2 atom stereocenters. The van der Waals surface area contributed by atoms with E-state index in [2.05, 4.69) is 5.32 Å². The minimum absolute atomic E-state index is 0. The van der Waals surface area contributed by atoms with Crippen molar-refractivity contribution < 1.29 is 9.53 Å². The van der Waals surface area contributed by atoms with Crippen LogP contribution in [0.1, 0.15) is 31.2 Å². The summed E-state index contributed by atoms with van der Waals surface area (Å²) in [5.74, 6) is 1.08. The van der Waals surface area contributed by atoms with Gasteiger partial charge in [-0.15, -0.1) is 12.4 Å². The number of ether oxygens (including phenoxy) is 1. The van der Waals surface area contributed by atoms with Gasteiger partial charge in [-0.25, -0.2) is 0 Å². The third-order valence-corrected chi connectivity index (χ3v) is 3.84. The quantitative estimate of drug-likeness (QED) is 0.821. The Bertz CT molecular complexity index is 454. The SMILES string of the molecule is Cc1ccccc1OCCNC(=O)C1CCCC(N)C1.Cl. The lowest BCUT2D eigenvalue weighted by Gasteiger charge is -2.25. The number of carbonyl (C=O) groups is 1. The second-order valence-corrected chi connectivity index (χ2v) is 5.53. The van der Waals surface area contributed by atoms with E-state index >= 15 is 0 Å². The Morgan fingerprint density at radius 2 is 2.14 bits per heavy atom. The molecule has 4 nitrogen and oxygen atoms in total. The van der Waals surface area contributed by atoms with Gasteiger partial charge >= 0.3 is 0 Å². The van der Waals surface area contributed by atoms with Gasteiger partial charge in [0, 0.05) is 12.0 Å². The number of hydrogen-bond acceptors (Lipinski definition) is 3. The van der Waals surface area contributed by atoms with Gasteiger partial charge in [0.2, 0.25) is 5.91 Å². The predicted octanol–water partition coefficient (Wildman–Crippen LogP) is 2.43. The summed E-state index contributed by atoms with van der Waals surface area (Å²) in [4.78, 5) is 12.0. The van der Waals surface area contributed by atoms with Gasteiger partial charge < -0.3 is 15.8 Å². The molecule has 0 bridgehead atoms. The maximum Gasteiger partial charge on any atom is 0.223 e. The lowest BCUT2D eigenvalue weighted by molar-refractivity contribution is -0.126. The number of nitrogens with two attached hydrogens (primary N) is 1. The Hall–Kier alpha value is -1.26. The average molecular weight is 313 g/mol. The van der Waals surface area contributed by atoms with E-state index < -0.39 is 0 Å². The van der Waals surface area contributed by atoms with Crippen LogP contribution >= 0.6 is 12.4 Å². The molecule has 0 aliphatic heterocycles. The standard InChI is InChI=1S/C16H24N2O2.ClH/c1-12-5-2-3-8-15(12)20-10-9-18-16(19)13-6-4-7-14(17)11-13;/h2-3,5,8,13-14H,4,6-7,9-11,17H2,1H3,(H,18,19);1H. The van der Waals surface area contributed by atoms with Crippen molar-refractivity contribution in [2.24, 2.45) is 11.7 Å². The fourth-order valence-electron chi connectivity index (χ4n) is 2.66. The van der Waals surface area contributed by atoms with Crippen LogP contribution in [0.15, 0.2) is 24.3 Å². The highest BCUT2D eigenvalue weighted by Gasteiger charge is 2.24. The van der Waals surface area contributed by atoms with Crippen LogP contribution < -0.4 is 15.8 Å². The summed E-state index contributed by atoms with van der Waals surface area (Å²) in [6, 6.07) is 8.07. The number of nitrogens with one attached hydrogen (secondary N) is 1. The van der Waals surface area contributed by atoms with Crippen LogP contribution in [0.3, 0.4) is 0 Å². The van der Waals surface area contributed by atoms with Crippen LogP contribution in [0.25, 0.3) is 0 Å². The first-order valence-electron chi connectivity index (χ1n) is 7.38. The first-order chi connectivity index (χ1) is 9.66. The van der Waals surface area contributed by atoms with Gasteiger partial charge in [-0.05, 0) is 37.8 Å². The molecule has 5 heteroatoms. The van der Waals surface area contributed by atoms with Crippen LogP contribution in [0.2, 0.25) is 0 Å². The number of aryl methyl sites for hydroxylation is 1. The minimum Gasteiger partial charge on any atom is -0.491 e. The van der Waals surface area contributed by atoms with E-state index in [-0.39, 0.29) is 30.3 Å². The summed E-state index contributed by atoms with van der Waals surface area (Å²) < 4.78 is 5.66. The molecule has 0 aromatic heterocycles. The molecule has 21 heavy (non-hydrogen) atoms. The molecule has 0 radical (unpaired) electrons. The largest absolute Gasteiger partial charge is 0.491 e. The molecule has 3 N–H and O–H groups in total. The number of amides is 1. The monoisotopic (exact) mass is 312 g/mol. The first-order valence-corrected chi connectivity index (χ1v) is 7.38. The molecule has 2 unspecified atom stereocenters. The molecule has 0 saturated heterocycles. The first kappa shape index (κ1) is 17.8. The molecule has 0 heterocycles. The van der Waals surface area contributed by atoms with Crippen LogP contribution in [-0.4, -0.2) is 25.1 Å². The lowest BCUT2D eigenvalue weighted by atomic mass is 9.85. The number of para-hydroxylation sites is 1. The molecule has 1 aliphatic carbocycles.